The summed E-state index contributed by atoms with van der Waals surface area (Å²) in [5.74, 6) is 4.40. The molecular formula is C50H38N4O. The average molecular weight is 711 g/mol. The second-order valence-electron chi connectivity index (χ2n) is 16.2. The highest BCUT2D eigenvalue weighted by molar-refractivity contribution is 6.09. The van der Waals surface area contributed by atoms with Crippen LogP contribution in [0.4, 0.5) is 0 Å². The number of hydrogen-bond donors (Lipinski definition) is 0. The molecule has 4 aliphatic carbocycles. The fourth-order valence-corrected chi connectivity index (χ4v) is 10.6. The largest absolute Gasteiger partial charge is 0.455 e. The number of rotatable bonds is 6. The van der Waals surface area contributed by atoms with Crippen LogP contribution in [0.5, 0.6) is 0 Å². The zero-order valence-electron chi connectivity index (χ0n) is 30.5. The predicted octanol–water partition coefficient (Wildman–Crippen LogP) is 12.4. The molecule has 264 valence electrons. The van der Waals surface area contributed by atoms with E-state index in [9.17, 15) is 5.26 Å². The van der Waals surface area contributed by atoms with Crippen molar-refractivity contribution in [1.82, 2.24) is 15.0 Å². The molecule has 4 aliphatic rings. The molecule has 4 fully saturated rings. The lowest BCUT2D eigenvalue weighted by Gasteiger charge is -2.57. The van der Waals surface area contributed by atoms with E-state index in [1.165, 1.54) is 44.1 Å². The van der Waals surface area contributed by atoms with Crippen molar-refractivity contribution in [1.29, 1.82) is 5.26 Å². The second kappa shape index (κ2) is 12.6. The standard InChI is InChI=1S/C50H38N4O/c51-30-34-24-40(26-41(25-34)50-27-31-21-32(28-50)23-33(22-31)29-50)35-13-17-38(18-14-35)48-52-47(37-7-2-1-3-8-37)53-49(54-48)39-19-15-36(16-20-39)42-10-6-11-44-43-9-4-5-12-45(43)55-46(42)44/h1-20,24-26,31-33H,21-23,27-29H2. The van der Waals surface area contributed by atoms with E-state index >= 15 is 0 Å². The Bertz CT molecular complexity index is 2760. The number of benzene rings is 6. The molecule has 2 aromatic heterocycles. The SMILES string of the molecule is N#Cc1cc(-c2ccc(-c3nc(-c4ccccc4)nc(-c4ccc(-c5cccc6c5oc5ccccc56)cc4)n3)cc2)cc(C23CC4CC(CC(C4)C2)C3)c1. The van der Waals surface area contributed by atoms with Gasteiger partial charge in [0.1, 0.15) is 11.2 Å². The summed E-state index contributed by atoms with van der Waals surface area (Å²) in [5, 5.41) is 12.3. The van der Waals surface area contributed by atoms with Crippen LogP contribution in [-0.4, -0.2) is 15.0 Å². The highest BCUT2D eigenvalue weighted by Gasteiger charge is 2.51. The van der Waals surface area contributed by atoms with Crippen molar-refractivity contribution in [3.63, 3.8) is 0 Å². The lowest BCUT2D eigenvalue weighted by atomic mass is 9.48. The van der Waals surface area contributed by atoms with Crippen LogP contribution < -0.4 is 0 Å². The first-order valence-corrected chi connectivity index (χ1v) is 19.6. The number of fused-ring (bicyclic) bond motifs is 3. The van der Waals surface area contributed by atoms with Crippen LogP contribution in [0.25, 0.3) is 78.4 Å². The van der Waals surface area contributed by atoms with Crippen LogP contribution in [-0.2, 0) is 5.41 Å². The van der Waals surface area contributed by atoms with Gasteiger partial charge >= 0.3 is 0 Å². The third-order valence-electron chi connectivity index (χ3n) is 12.7. The van der Waals surface area contributed by atoms with Crippen molar-refractivity contribution in [2.24, 2.45) is 17.8 Å². The molecule has 0 atom stereocenters. The predicted molar refractivity (Wildman–Crippen MR) is 219 cm³/mol. The Morgan fingerprint density at radius 3 is 1.69 bits per heavy atom. The smallest absolute Gasteiger partial charge is 0.164 e. The molecule has 0 radical (unpaired) electrons. The van der Waals surface area contributed by atoms with E-state index in [1.54, 1.807) is 0 Å². The first-order chi connectivity index (χ1) is 27.1. The molecule has 5 heteroatoms. The van der Waals surface area contributed by atoms with Gasteiger partial charge in [-0.1, -0.05) is 121 Å². The molecule has 4 saturated carbocycles. The average Bonchev–Trinajstić information content (AvgIpc) is 3.62. The minimum absolute atomic E-state index is 0.227. The molecule has 5 nitrogen and oxygen atoms in total. The van der Waals surface area contributed by atoms with Gasteiger partial charge in [-0.05, 0) is 102 Å². The fourth-order valence-electron chi connectivity index (χ4n) is 10.6. The van der Waals surface area contributed by atoms with Crippen LogP contribution in [0.3, 0.4) is 0 Å². The van der Waals surface area contributed by atoms with Gasteiger partial charge in [0, 0.05) is 33.0 Å². The number of nitrogens with zero attached hydrogens (tertiary/aromatic N) is 4. The topological polar surface area (TPSA) is 75.6 Å². The second-order valence-corrected chi connectivity index (χ2v) is 16.2. The van der Waals surface area contributed by atoms with E-state index in [1.807, 2.05) is 54.6 Å². The number of nitriles is 1. The summed E-state index contributed by atoms with van der Waals surface area (Å²) in [6.07, 6.45) is 8.04. The van der Waals surface area contributed by atoms with Crippen molar-refractivity contribution in [3.05, 3.63) is 151 Å². The van der Waals surface area contributed by atoms with Crippen molar-refractivity contribution in [2.45, 2.75) is 43.9 Å². The van der Waals surface area contributed by atoms with Gasteiger partial charge in [-0.15, -0.1) is 0 Å². The maximum atomic E-state index is 10.1. The number of hydrogen-bond acceptors (Lipinski definition) is 5. The molecule has 0 aliphatic heterocycles. The van der Waals surface area contributed by atoms with Gasteiger partial charge in [0.05, 0.1) is 11.6 Å². The van der Waals surface area contributed by atoms with E-state index < -0.39 is 0 Å². The minimum Gasteiger partial charge on any atom is -0.455 e. The van der Waals surface area contributed by atoms with Gasteiger partial charge in [-0.25, -0.2) is 15.0 Å². The zero-order valence-corrected chi connectivity index (χ0v) is 30.5. The lowest BCUT2D eigenvalue weighted by Crippen LogP contribution is -2.48. The van der Waals surface area contributed by atoms with Gasteiger partial charge in [0.15, 0.2) is 17.5 Å². The molecule has 12 rings (SSSR count). The number of furan rings is 1. The Morgan fingerprint density at radius 2 is 1.05 bits per heavy atom. The summed E-state index contributed by atoms with van der Waals surface area (Å²) >= 11 is 0. The molecule has 4 bridgehead atoms. The molecule has 0 unspecified atom stereocenters. The summed E-state index contributed by atoms with van der Waals surface area (Å²) in [4.78, 5) is 15.0. The highest BCUT2D eigenvalue weighted by atomic mass is 16.3. The third kappa shape index (κ3) is 5.55. The number of para-hydroxylation sites is 2. The first-order valence-electron chi connectivity index (χ1n) is 19.6. The van der Waals surface area contributed by atoms with Gasteiger partial charge in [-0.2, -0.15) is 5.26 Å². The Balaban J connectivity index is 0.946. The molecule has 0 spiro atoms. The van der Waals surface area contributed by atoms with E-state index in [-0.39, 0.29) is 5.41 Å². The Kier molecular flexibility index (Phi) is 7.35. The normalized spacial score (nSPS) is 21.3. The van der Waals surface area contributed by atoms with Crippen molar-refractivity contribution < 1.29 is 4.42 Å². The van der Waals surface area contributed by atoms with Gasteiger partial charge in [0.25, 0.3) is 0 Å². The quantitative estimate of drug-likeness (QED) is 0.172. The van der Waals surface area contributed by atoms with E-state index in [2.05, 4.69) is 91.0 Å². The van der Waals surface area contributed by atoms with E-state index in [4.69, 9.17) is 19.4 Å². The van der Waals surface area contributed by atoms with Crippen molar-refractivity contribution in [3.8, 4) is 62.5 Å². The molecule has 2 heterocycles. The summed E-state index contributed by atoms with van der Waals surface area (Å²) in [5.41, 5.74) is 11.2. The lowest BCUT2D eigenvalue weighted by molar-refractivity contribution is -0.00517. The molecule has 8 aromatic rings. The maximum absolute atomic E-state index is 10.1. The molecular weight excluding hydrogens is 673 g/mol. The van der Waals surface area contributed by atoms with Crippen molar-refractivity contribution >= 4 is 21.9 Å². The van der Waals surface area contributed by atoms with Gasteiger partial charge in [0.2, 0.25) is 0 Å². The van der Waals surface area contributed by atoms with Crippen LogP contribution in [0.1, 0.15) is 49.7 Å². The molecule has 6 aromatic carbocycles. The van der Waals surface area contributed by atoms with E-state index in [0.29, 0.717) is 17.5 Å². The molecule has 55 heavy (non-hydrogen) atoms. The van der Waals surface area contributed by atoms with Gasteiger partial charge < -0.3 is 4.42 Å². The van der Waals surface area contributed by atoms with Crippen LogP contribution in [0.15, 0.2) is 144 Å². The van der Waals surface area contributed by atoms with Crippen molar-refractivity contribution in [2.75, 3.05) is 0 Å². The first kappa shape index (κ1) is 32.1. The van der Waals surface area contributed by atoms with Crippen LogP contribution in [0, 0.1) is 29.1 Å². The third-order valence-corrected chi connectivity index (χ3v) is 12.7. The monoisotopic (exact) mass is 710 g/mol. The Hall–Kier alpha value is -6.38. The molecule has 0 saturated heterocycles. The maximum Gasteiger partial charge on any atom is 0.164 e. The van der Waals surface area contributed by atoms with E-state index in [0.717, 1.165) is 84.2 Å². The summed E-state index contributed by atoms with van der Waals surface area (Å²) in [7, 11) is 0. The van der Waals surface area contributed by atoms with Crippen LogP contribution >= 0.6 is 0 Å². The highest BCUT2D eigenvalue weighted by Crippen LogP contribution is 2.61. The zero-order chi connectivity index (χ0) is 36.5. The Labute approximate surface area is 320 Å². The number of aromatic nitrogens is 3. The Morgan fingerprint density at radius 1 is 0.509 bits per heavy atom. The molecule has 0 amide bonds. The minimum atomic E-state index is 0.227. The molecule has 0 N–H and O–H groups in total. The summed E-state index contributed by atoms with van der Waals surface area (Å²) in [6.45, 7) is 0. The summed E-state index contributed by atoms with van der Waals surface area (Å²) < 4.78 is 6.34. The fraction of sp³-hybridized carbons (Fsp3) is 0.200. The summed E-state index contributed by atoms with van der Waals surface area (Å²) in [6, 6.07) is 50.6. The van der Waals surface area contributed by atoms with Crippen LogP contribution in [0.2, 0.25) is 0 Å². The van der Waals surface area contributed by atoms with Gasteiger partial charge in [-0.3, -0.25) is 0 Å².